The molecule has 0 amide bonds. The van der Waals surface area contributed by atoms with Crippen molar-refractivity contribution in [2.45, 2.75) is 6.92 Å². The van der Waals surface area contributed by atoms with E-state index in [9.17, 15) is 0 Å². The highest BCUT2D eigenvalue weighted by Gasteiger charge is 1.97. The quantitative estimate of drug-likeness (QED) is 0.798. The molecule has 1 aromatic rings. The fourth-order valence-electron chi connectivity index (χ4n) is 1.08. The molecule has 0 radical (unpaired) electrons. The van der Waals surface area contributed by atoms with E-state index in [0.29, 0.717) is 0 Å². The number of rotatable bonds is 3. The lowest BCUT2D eigenvalue weighted by molar-refractivity contribution is 1.30. The van der Waals surface area contributed by atoms with E-state index in [0.717, 1.165) is 28.0 Å². The Bertz CT molecular complexity index is 321. The van der Waals surface area contributed by atoms with Crippen LogP contribution < -0.4 is 11.1 Å². The van der Waals surface area contributed by atoms with Gasteiger partial charge in [0, 0.05) is 22.4 Å². The molecule has 3 N–H and O–H groups in total. The number of benzene rings is 1. The van der Waals surface area contributed by atoms with Crippen molar-refractivity contribution in [3.63, 3.8) is 0 Å². The summed E-state index contributed by atoms with van der Waals surface area (Å²) >= 11 is 3.29. The summed E-state index contributed by atoms with van der Waals surface area (Å²) < 4.78 is 0.934. The number of nitrogens with one attached hydrogen (secondary N) is 1. The van der Waals surface area contributed by atoms with Crippen molar-refractivity contribution in [1.82, 2.24) is 0 Å². The van der Waals surface area contributed by atoms with Crippen LogP contribution in [0.25, 0.3) is 0 Å². The van der Waals surface area contributed by atoms with Gasteiger partial charge >= 0.3 is 0 Å². The Morgan fingerprint density at radius 1 is 1.62 bits per heavy atom. The van der Waals surface area contributed by atoms with Crippen LogP contribution in [0.5, 0.6) is 0 Å². The van der Waals surface area contributed by atoms with Crippen LogP contribution in [-0.4, -0.2) is 6.54 Å². The first-order valence-electron chi connectivity index (χ1n) is 4.03. The first kappa shape index (κ1) is 10.1. The van der Waals surface area contributed by atoms with Crippen LogP contribution in [0, 0.1) is 6.92 Å². The van der Waals surface area contributed by atoms with Gasteiger partial charge in [-0.05, 0) is 30.7 Å². The molecule has 2 nitrogen and oxygen atoms in total. The normalized spacial score (nSPS) is 9.69. The SMILES string of the molecule is C=C(Br)CNc1ccc(N)cc1C. The molecule has 0 bridgehead atoms. The monoisotopic (exact) mass is 240 g/mol. The van der Waals surface area contributed by atoms with Gasteiger partial charge in [-0.1, -0.05) is 22.5 Å². The van der Waals surface area contributed by atoms with Crippen LogP contribution in [0.2, 0.25) is 0 Å². The minimum absolute atomic E-state index is 0.727. The first-order chi connectivity index (χ1) is 6.09. The molecule has 70 valence electrons. The molecule has 0 heterocycles. The summed E-state index contributed by atoms with van der Waals surface area (Å²) in [5.74, 6) is 0. The molecule has 13 heavy (non-hydrogen) atoms. The number of halogens is 1. The summed E-state index contributed by atoms with van der Waals surface area (Å²) in [7, 11) is 0. The lowest BCUT2D eigenvalue weighted by atomic mass is 10.2. The molecule has 0 fully saturated rings. The van der Waals surface area contributed by atoms with Crippen molar-refractivity contribution in [2.24, 2.45) is 0 Å². The number of nitrogens with two attached hydrogens (primary N) is 1. The maximum absolute atomic E-state index is 5.63. The van der Waals surface area contributed by atoms with Gasteiger partial charge in [-0.15, -0.1) is 0 Å². The average Bonchev–Trinajstić information content (AvgIpc) is 2.02. The van der Waals surface area contributed by atoms with Crippen LogP contribution in [0.1, 0.15) is 5.56 Å². The molecule has 0 unspecified atom stereocenters. The van der Waals surface area contributed by atoms with Crippen molar-refractivity contribution < 1.29 is 0 Å². The second kappa shape index (κ2) is 4.33. The van der Waals surface area contributed by atoms with Gasteiger partial charge < -0.3 is 11.1 Å². The molecule has 0 spiro atoms. The first-order valence-corrected chi connectivity index (χ1v) is 4.82. The van der Waals surface area contributed by atoms with E-state index < -0.39 is 0 Å². The molecule has 3 heteroatoms. The van der Waals surface area contributed by atoms with Gasteiger partial charge in [-0.3, -0.25) is 0 Å². The fraction of sp³-hybridized carbons (Fsp3) is 0.200. The smallest absolute Gasteiger partial charge is 0.0460 e. The number of aryl methyl sites for hydroxylation is 1. The third-order valence-corrected chi connectivity index (χ3v) is 2.00. The zero-order valence-corrected chi connectivity index (χ0v) is 9.19. The van der Waals surface area contributed by atoms with Gasteiger partial charge in [0.15, 0.2) is 0 Å². The molecule has 0 aliphatic rings. The van der Waals surface area contributed by atoms with E-state index in [1.807, 2.05) is 25.1 Å². The van der Waals surface area contributed by atoms with E-state index in [1.54, 1.807) is 0 Å². The number of hydrogen-bond acceptors (Lipinski definition) is 2. The fourth-order valence-corrected chi connectivity index (χ4v) is 1.22. The number of hydrogen-bond donors (Lipinski definition) is 2. The molecule has 1 rings (SSSR count). The number of anilines is 2. The van der Waals surface area contributed by atoms with E-state index in [4.69, 9.17) is 5.73 Å². The maximum Gasteiger partial charge on any atom is 0.0460 e. The molecule has 0 aromatic heterocycles. The Labute approximate surface area is 87.0 Å². The van der Waals surface area contributed by atoms with Gasteiger partial charge in [0.2, 0.25) is 0 Å². The lowest BCUT2D eigenvalue weighted by Crippen LogP contribution is -2.02. The number of nitrogen functional groups attached to an aromatic ring is 1. The van der Waals surface area contributed by atoms with Crippen LogP contribution in [0.4, 0.5) is 11.4 Å². The van der Waals surface area contributed by atoms with Crippen molar-refractivity contribution in [3.8, 4) is 0 Å². The molecule has 0 aliphatic carbocycles. The topological polar surface area (TPSA) is 38.0 Å². The zero-order valence-electron chi connectivity index (χ0n) is 7.60. The largest absolute Gasteiger partial charge is 0.399 e. The summed E-state index contributed by atoms with van der Waals surface area (Å²) in [5, 5.41) is 3.24. The van der Waals surface area contributed by atoms with Gasteiger partial charge in [0.25, 0.3) is 0 Å². The Kier molecular flexibility index (Phi) is 3.37. The van der Waals surface area contributed by atoms with Crippen LogP contribution >= 0.6 is 15.9 Å². The highest BCUT2D eigenvalue weighted by molar-refractivity contribution is 9.11. The van der Waals surface area contributed by atoms with Gasteiger partial charge in [-0.25, -0.2) is 0 Å². The van der Waals surface area contributed by atoms with Crippen molar-refractivity contribution in [1.29, 1.82) is 0 Å². The average molecular weight is 241 g/mol. The summed E-state index contributed by atoms with van der Waals surface area (Å²) in [6, 6.07) is 5.80. The minimum Gasteiger partial charge on any atom is -0.399 e. The third-order valence-electron chi connectivity index (χ3n) is 1.72. The second-order valence-corrected chi connectivity index (χ2v) is 4.07. The van der Waals surface area contributed by atoms with Crippen LogP contribution in [0.15, 0.2) is 29.3 Å². The van der Waals surface area contributed by atoms with Crippen LogP contribution in [-0.2, 0) is 0 Å². The Morgan fingerprint density at radius 2 is 2.31 bits per heavy atom. The second-order valence-electron chi connectivity index (χ2n) is 2.95. The molecular formula is C10H13BrN2. The van der Waals surface area contributed by atoms with Crippen molar-refractivity contribution in [2.75, 3.05) is 17.6 Å². The van der Waals surface area contributed by atoms with Crippen molar-refractivity contribution >= 4 is 27.3 Å². The molecule has 1 aromatic carbocycles. The van der Waals surface area contributed by atoms with E-state index in [2.05, 4.69) is 27.8 Å². The Morgan fingerprint density at radius 3 is 2.85 bits per heavy atom. The van der Waals surface area contributed by atoms with Gasteiger partial charge in [0.05, 0.1) is 0 Å². The molecule has 0 saturated carbocycles. The maximum atomic E-state index is 5.63. The van der Waals surface area contributed by atoms with Crippen LogP contribution in [0.3, 0.4) is 0 Å². The highest BCUT2D eigenvalue weighted by Crippen LogP contribution is 2.18. The van der Waals surface area contributed by atoms with Crippen molar-refractivity contribution in [3.05, 3.63) is 34.8 Å². The van der Waals surface area contributed by atoms with Gasteiger partial charge in [-0.2, -0.15) is 0 Å². The van der Waals surface area contributed by atoms with E-state index in [-0.39, 0.29) is 0 Å². The highest BCUT2D eigenvalue weighted by atomic mass is 79.9. The van der Waals surface area contributed by atoms with E-state index in [1.165, 1.54) is 0 Å². The summed E-state index contributed by atoms with van der Waals surface area (Å²) in [6.45, 7) is 6.50. The Hall–Kier alpha value is -0.960. The summed E-state index contributed by atoms with van der Waals surface area (Å²) in [4.78, 5) is 0. The summed E-state index contributed by atoms with van der Waals surface area (Å²) in [5.41, 5.74) is 8.66. The molecule has 0 aliphatic heterocycles. The standard InChI is InChI=1S/C10H13BrN2/c1-7-5-9(12)3-4-10(7)13-6-8(2)11/h3-5,13H,2,6,12H2,1H3. The zero-order chi connectivity index (χ0) is 9.84. The molecule has 0 saturated heterocycles. The Balaban J connectivity index is 2.72. The summed E-state index contributed by atoms with van der Waals surface area (Å²) in [6.07, 6.45) is 0. The lowest BCUT2D eigenvalue weighted by Gasteiger charge is -2.08. The predicted octanol–water partition coefficient (Wildman–Crippen LogP) is 2.90. The van der Waals surface area contributed by atoms with Gasteiger partial charge in [0.1, 0.15) is 0 Å². The van der Waals surface area contributed by atoms with E-state index >= 15 is 0 Å². The molecular weight excluding hydrogens is 228 g/mol. The predicted molar refractivity (Wildman–Crippen MR) is 62.1 cm³/mol. The third kappa shape index (κ3) is 3.11. The molecule has 0 atom stereocenters. The minimum atomic E-state index is 0.727.